The first-order chi connectivity index (χ1) is 13.6. The van der Waals surface area contributed by atoms with Gasteiger partial charge in [-0.1, -0.05) is 0 Å². The van der Waals surface area contributed by atoms with Crippen LogP contribution < -0.4 is 10.6 Å². The van der Waals surface area contributed by atoms with Crippen LogP contribution >= 0.6 is 0 Å². The summed E-state index contributed by atoms with van der Waals surface area (Å²) in [6.45, 7) is 1.45. The molecule has 10 heteroatoms. The first kappa shape index (κ1) is 20.1. The summed E-state index contributed by atoms with van der Waals surface area (Å²) in [5, 5.41) is 8.29. The van der Waals surface area contributed by atoms with E-state index in [2.05, 4.69) is 15.7 Å². The van der Waals surface area contributed by atoms with Crippen LogP contribution in [0.15, 0.2) is 54.6 Å². The molecule has 2 aromatic carbocycles. The van der Waals surface area contributed by atoms with Gasteiger partial charge >= 0.3 is 12.2 Å². The number of aromatic nitrogens is 2. The van der Waals surface area contributed by atoms with Crippen LogP contribution in [0.1, 0.15) is 21.7 Å². The molecule has 1 heterocycles. The monoisotopic (exact) mass is 406 g/mol. The van der Waals surface area contributed by atoms with E-state index < -0.39 is 29.6 Å². The molecule has 0 aliphatic carbocycles. The topological polar surface area (TPSA) is 76.0 Å². The van der Waals surface area contributed by atoms with Crippen LogP contribution in [0.25, 0.3) is 5.69 Å². The summed E-state index contributed by atoms with van der Waals surface area (Å²) >= 11 is 0. The zero-order valence-electron chi connectivity index (χ0n) is 14.9. The van der Waals surface area contributed by atoms with E-state index in [1.807, 2.05) is 0 Å². The second kappa shape index (κ2) is 7.74. The summed E-state index contributed by atoms with van der Waals surface area (Å²) in [4.78, 5) is 23.8. The molecular weight excluding hydrogens is 392 g/mol. The van der Waals surface area contributed by atoms with E-state index in [9.17, 15) is 27.2 Å². The predicted molar refractivity (Wildman–Crippen MR) is 96.2 cm³/mol. The number of rotatable bonds is 3. The number of hydrogen-bond donors (Lipinski definition) is 2. The fourth-order valence-corrected chi connectivity index (χ4v) is 2.52. The molecule has 0 bridgehead atoms. The molecule has 0 saturated carbocycles. The average molecular weight is 406 g/mol. The van der Waals surface area contributed by atoms with Crippen molar-refractivity contribution in [1.29, 1.82) is 0 Å². The number of alkyl halides is 3. The summed E-state index contributed by atoms with van der Waals surface area (Å²) in [6.07, 6.45) is -4.57. The Bertz CT molecular complexity index is 1040. The van der Waals surface area contributed by atoms with Crippen LogP contribution in [-0.2, 0) is 6.18 Å². The number of carbonyl (C=O) groups excluding carboxylic acids is 2. The molecule has 3 aromatic rings. The highest BCUT2D eigenvalue weighted by Gasteiger charge is 2.35. The van der Waals surface area contributed by atoms with E-state index in [0.29, 0.717) is 0 Å². The Labute approximate surface area is 162 Å². The SMILES string of the molecule is Cc1cc(C(F)(F)F)n(-c2ccc(NC(=O)NC(=O)c3ccc(F)cc3)cc2)n1. The van der Waals surface area contributed by atoms with Crippen molar-refractivity contribution in [3.05, 3.63) is 77.4 Å². The summed E-state index contributed by atoms with van der Waals surface area (Å²) in [5.74, 6) is -1.26. The molecule has 3 amide bonds. The number of halogens is 4. The van der Waals surface area contributed by atoms with Gasteiger partial charge in [0.15, 0.2) is 0 Å². The number of hydrogen-bond acceptors (Lipinski definition) is 3. The largest absolute Gasteiger partial charge is 0.433 e. The van der Waals surface area contributed by atoms with Gasteiger partial charge < -0.3 is 5.32 Å². The zero-order chi connectivity index (χ0) is 21.2. The Morgan fingerprint density at radius 1 is 1.00 bits per heavy atom. The third-order valence-corrected chi connectivity index (χ3v) is 3.83. The molecular formula is C19H14F4N4O2. The average Bonchev–Trinajstić information content (AvgIpc) is 3.05. The van der Waals surface area contributed by atoms with Gasteiger partial charge in [0.25, 0.3) is 5.91 Å². The fraction of sp³-hybridized carbons (Fsp3) is 0.105. The summed E-state index contributed by atoms with van der Waals surface area (Å²) in [5.41, 5.74) is -0.225. The Morgan fingerprint density at radius 3 is 2.21 bits per heavy atom. The Balaban J connectivity index is 1.69. The lowest BCUT2D eigenvalue weighted by Crippen LogP contribution is -2.34. The maximum Gasteiger partial charge on any atom is 0.433 e. The second-order valence-corrected chi connectivity index (χ2v) is 6.04. The van der Waals surface area contributed by atoms with E-state index in [4.69, 9.17) is 0 Å². The lowest BCUT2D eigenvalue weighted by Gasteiger charge is -2.11. The van der Waals surface area contributed by atoms with Crippen molar-refractivity contribution in [2.75, 3.05) is 5.32 Å². The first-order valence-corrected chi connectivity index (χ1v) is 8.26. The third kappa shape index (κ3) is 4.78. The van der Waals surface area contributed by atoms with Crippen molar-refractivity contribution in [1.82, 2.24) is 15.1 Å². The number of nitrogens with zero attached hydrogens (tertiary/aromatic N) is 2. The molecule has 0 aliphatic heterocycles. The van der Waals surface area contributed by atoms with Crippen LogP contribution in [0.5, 0.6) is 0 Å². The van der Waals surface area contributed by atoms with Crippen LogP contribution in [0.3, 0.4) is 0 Å². The standard InChI is InChI=1S/C19H14F4N4O2/c1-11-10-16(19(21,22)23)27(26-11)15-8-6-14(7-9-15)24-18(29)25-17(28)12-2-4-13(20)5-3-12/h2-10H,1H3,(H2,24,25,28,29). The van der Waals surface area contributed by atoms with Crippen molar-refractivity contribution in [3.63, 3.8) is 0 Å². The van der Waals surface area contributed by atoms with Crippen LogP contribution in [0.2, 0.25) is 0 Å². The number of aryl methyl sites for hydroxylation is 1. The van der Waals surface area contributed by atoms with Crippen LogP contribution in [-0.4, -0.2) is 21.7 Å². The van der Waals surface area contributed by atoms with E-state index in [1.54, 1.807) is 0 Å². The van der Waals surface area contributed by atoms with Gasteiger partial charge in [-0.2, -0.15) is 18.3 Å². The molecule has 0 spiro atoms. The molecule has 0 atom stereocenters. The fourth-order valence-electron chi connectivity index (χ4n) is 2.52. The van der Waals surface area contributed by atoms with Crippen molar-refractivity contribution < 1.29 is 27.2 Å². The first-order valence-electron chi connectivity index (χ1n) is 8.26. The van der Waals surface area contributed by atoms with E-state index in [1.165, 1.54) is 43.3 Å². The quantitative estimate of drug-likeness (QED) is 0.637. The Morgan fingerprint density at radius 2 is 1.62 bits per heavy atom. The molecule has 0 radical (unpaired) electrons. The number of amides is 3. The highest BCUT2D eigenvalue weighted by atomic mass is 19.4. The summed E-state index contributed by atoms with van der Waals surface area (Å²) < 4.78 is 52.9. The lowest BCUT2D eigenvalue weighted by atomic mass is 10.2. The van der Waals surface area contributed by atoms with Crippen molar-refractivity contribution in [3.8, 4) is 5.69 Å². The van der Waals surface area contributed by atoms with Gasteiger partial charge in [-0.15, -0.1) is 0 Å². The van der Waals surface area contributed by atoms with Crippen LogP contribution in [0.4, 0.5) is 28.0 Å². The van der Waals surface area contributed by atoms with Gasteiger partial charge in [0.2, 0.25) is 0 Å². The summed E-state index contributed by atoms with van der Waals surface area (Å²) in [7, 11) is 0. The van der Waals surface area contributed by atoms with Gasteiger partial charge in [-0.3, -0.25) is 10.1 Å². The maximum absolute atomic E-state index is 13.1. The molecule has 6 nitrogen and oxygen atoms in total. The summed E-state index contributed by atoms with van der Waals surface area (Å²) in [6, 6.07) is 10.1. The van der Waals surface area contributed by atoms with Gasteiger partial charge in [-0.05, 0) is 61.5 Å². The minimum Gasteiger partial charge on any atom is -0.308 e. The van der Waals surface area contributed by atoms with Crippen molar-refractivity contribution >= 4 is 17.6 Å². The molecule has 0 aliphatic rings. The van der Waals surface area contributed by atoms with E-state index in [-0.39, 0.29) is 22.6 Å². The molecule has 0 unspecified atom stereocenters. The number of carbonyl (C=O) groups is 2. The molecule has 0 saturated heterocycles. The zero-order valence-corrected chi connectivity index (χ0v) is 14.9. The smallest absolute Gasteiger partial charge is 0.308 e. The molecule has 29 heavy (non-hydrogen) atoms. The minimum absolute atomic E-state index is 0.0885. The van der Waals surface area contributed by atoms with Crippen LogP contribution in [0, 0.1) is 12.7 Å². The molecule has 3 rings (SSSR count). The molecule has 0 fully saturated rings. The van der Waals surface area contributed by atoms with Gasteiger partial charge in [0.05, 0.1) is 11.4 Å². The maximum atomic E-state index is 13.1. The number of nitrogens with one attached hydrogen (secondary N) is 2. The van der Waals surface area contributed by atoms with Gasteiger partial charge in [-0.25, -0.2) is 13.9 Å². The molecule has 1 aromatic heterocycles. The minimum atomic E-state index is -4.57. The Kier molecular flexibility index (Phi) is 5.35. The van der Waals surface area contributed by atoms with Crippen molar-refractivity contribution in [2.45, 2.75) is 13.1 Å². The third-order valence-electron chi connectivity index (χ3n) is 3.83. The number of anilines is 1. The predicted octanol–water partition coefficient (Wildman–Crippen LogP) is 4.30. The Hall–Kier alpha value is -3.69. The van der Waals surface area contributed by atoms with Gasteiger partial charge in [0.1, 0.15) is 11.5 Å². The van der Waals surface area contributed by atoms with Gasteiger partial charge in [0, 0.05) is 11.3 Å². The number of benzene rings is 2. The second-order valence-electron chi connectivity index (χ2n) is 6.04. The van der Waals surface area contributed by atoms with E-state index >= 15 is 0 Å². The van der Waals surface area contributed by atoms with Crippen molar-refractivity contribution in [2.24, 2.45) is 0 Å². The van der Waals surface area contributed by atoms with E-state index in [0.717, 1.165) is 22.9 Å². The number of imide groups is 1. The normalized spacial score (nSPS) is 11.2. The number of urea groups is 1. The highest BCUT2D eigenvalue weighted by Crippen LogP contribution is 2.31. The molecule has 2 N–H and O–H groups in total. The highest BCUT2D eigenvalue weighted by molar-refractivity contribution is 6.07. The molecule has 150 valence electrons. The lowest BCUT2D eigenvalue weighted by molar-refractivity contribution is -0.142.